The first kappa shape index (κ1) is 18.0. The van der Waals surface area contributed by atoms with Gasteiger partial charge in [0.25, 0.3) is 0 Å². The van der Waals surface area contributed by atoms with E-state index in [1.165, 1.54) is 5.56 Å². The van der Waals surface area contributed by atoms with Gasteiger partial charge in [0.1, 0.15) is 0 Å². The van der Waals surface area contributed by atoms with Gasteiger partial charge in [0, 0.05) is 25.3 Å². The number of nitrogens with zero attached hydrogens (tertiary/aromatic N) is 3. The Morgan fingerprint density at radius 2 is 1.96 bits per heavy atom. The second-order valence-corrected chi connectivity index (χ2v) is 6.32. The number of para-hydroxylation sites is 1. The molecule has 0 saturated carbocycles. The van der Waals surface area contributed by atoms with Crippen LogP contribution in [-0.2, 0) is 6.42 Å². The zero-order valence-corrected chi connectivity index (χ0v) is 15.2. The largest absolute Gasteiger partial charge is 0.357 e. The Hall–Kier alpha value is -2.30. The highest BCUT2D eigenvalue weighted by Gasteiger charge is 2.08. The van der Waals surface area contributed by atoms with Crippen LogP contribution in [0.2, 0.25) is 0 Å². The van der Waals surface area contributed by atoms with Gasteiger partial charge in [0.2, 0.25) is 0 Å². The predicted octanol–water partition coefficient (Wildman–Crippen LogP) is 3.01. The molecule has 0 aliphatic carbocycles. The molecule has 0 radical (unpaired) electrons. The molecule has 2 N–H and O–H groups in total. The van der Waals surface area contributed by atoms with E-state index < -0.39 is 0 Å². The summed E-state index contributed by atoms with van der Waals surface area (Å²) in [6.45, 7) is 10.3. The molecule has 2 aromatic rings. The molecule has 5 heteroatoms. The van der Waals surface area contributed by atoms with Gasteiger partial charge in [-0.3, -0.25) is 4.99 Å². The van der Waals surface area contributed by atoms with Gasteiger partial charge in [-0.2, -0.15) is 5.10 Å². The molecular formula is C19H29N5. The zero-order chi connectivity index (χ0) is 17.4. The Balaban J connectivity index is 1.92. The van der Waals surface area contributed by atoms with Gasteiger partial charge in [-0.25, -0.2) is 4.68 Å². The van der Waals surface area contributed by atoms with Crippen LogP contribution in [0.5, 0.6) is 0 Å². The molecule has 0 amide bonds. The van der Waals surface area contributed by atoms with Crippen LogP contribution in [0.3, 0.4) is 0 Å². The van der Waals surface area contributed by atoms with Crippen molar-refractivity contribution in [2.24, 2.45) is 10.9 Å². The minimum absolute atomic E-state index is 0.392. The Labute approximate surface area is 145 Å². The number of guanidine groups is 1. The van der Waals surface area contributed by atoms with Crippen molar-refractivity contribution in [1.29, 1.82) is 0 Å². The van der Waals surface area contributed by atoms with Crippen molar-refractivity contribution < 1.29 is 0 Å². The van der Waals surface area contributed by atoms with Crippen molar-refractivity contribution in [3.05, 3.63) is 48.3 Å². The van der Waals surface area contributed by atoms with E-state index in [1.807, 2.05) is 29.1 Å². The lowest BCUT2D eigenvalue weighted by Crippen LogP contribution is -2.44. The van der Waals surface area contributed by atoms with E-state index in [9.17, 15) is 0 Å². The van der Waals surface area contributed by atoms with Gasteiger partial charge in [0.05, 0.1) is 11.9 Å². The molecule has 1 heterocycles. The quantitative estimate of drug-likeness (QED) is 0.607. The van der Waals surface area contributed by atoms with Crippen LogP contribution in [0.15, 0.2) is 47.7 Å². The first-order valence-corrected chi connectivity index (χ1v) is 8.74. The van der Waals surface area contributed by atoms with E-state index in [1.54, 1.807) is 0 Å². The van der Waals surface area contributed by atoms with Crippen LogP contribution in [0.25, 0.3) is 5.69 Å². The molecule has 1 aromatic heterocycles. The van der Waals surface area contributed by atoms with E-state index in [0.29, 0.717) is 12.0 Å². The molecular weight excluding hydrogens is 298 g/mol. The van der Waals surface area contributed by atoms with Gasteiger partial charge < -0.3 is 10.6 Å². The normalized spacial score (nSPS) is 13.1. The Kier molecular flexibility index (Phi) is 6.85. The summed E-state index contributed by atoms with van der Waals surface area (Å²) >= 11 is 0. The summed E-state index contributed by atoms with van der Waals surface area (Å²) < 4.78 is 1.91. The summed E-state index contributed by atoms with van der Waals surface area (Å²) in [6, 6.07) is 10.5. The maximum atomic E-state index is 4.67. The minimum atomic E-state index is 0.392. The molecule has 2 rings (SSSR count). The summed E-state index contributed by atoms with van der Waals surface area (Å²) in [5, 5.41) is 11.2. The lowest BCUT2D eigenvalue weighted by atomic mass is 10.1. The first-order valence-electron chi connectivity index (χ1n) is 8.74. The standard InChI is InChI=1S/C19H29N5/c1-5-20-19(23-16(4)15(2)3)21-12-11-17-13-22-24(14-17)18-9-7-6-8-10-18/h6-10,13-16H,5,11-12H2,1-4H3,(H2,20,21,23). The minimum Gasteiger partial charge on any atom is -0.357 e. The molecule has 1 unspecified atom stereocenters. The van der Waals surface area contributed by atoms with E-state index in [0.717, 1.165) is 31.2 Å². The fraction of sp³-hybridized carbons (Fsp3) is 0.474. The molecule has 0 bridgehead atoms. The molecule has 24 heavy (non-hydrogen) atoms. The van der Waals surface area contributed by atoms with Crippen molar-refractivity contribution in [2.75, 3.05) is 13.1 Å². The maximum Gasteiger partial charge on any atom is 0.191 e. The highest BCUT2D eigenvalue weighted by molar-refractivity contribution is 5.80. The molecule has 0 aliphatic rings. The highest BCUT2D eigenvalue weighted by atomic mass is 15.3. The van der Waals surface area contributed by atoms with Crippen LogP contribution in [0.1, 0.15) is 33.3 Å². The topological polar surface area (TPSA) is 54.2 Å². The lowest BCUT2D eigenvalue weighted by Gasteiger charge is -2.20. The van der Waals surface area contributed by atoms with Crippen LogP contribution < -0.4 is 10.6 Å². The molecule has 130 valence electrons. The summed E-state index contributed by atoms with van der Waals surface area (Å²) in [6.07, 6.45) is 4.86. The van der Waals surface area contributed by atoms with E-state index >= 15 is 0 Å². The van der Waals surface area contributed by atoms with Crippen molar-refractivity contribution in [3.8, 4) is 5.69 Å². The summed E-state index contributed by atoms with van der Waals surface area (Å²) in [7, 11) is 0. The molecule has 1 aromatic carbocycles. The molecule has 0 spiro atoms. The number of aliphatic imine (C=N–C) groups is 1. The van der Waals surface area contributed by atoms with E-state index in [2.05, 4.69) is 66.7 Å². The van der Waals surface area contributed by atoms with Crippen molar-refractivity contribution in [1.82, 2.24) is 20.4 Å². The lowest BCUT2D eigenvalue weighted by molar-refractivity contribution is 0.481. The Bertz CT molecular complexity index is 630. The van der Waals surface area contributed by atoms with Crippen molar-refractivity contribution in [2.45, 2.75) is 40.2 Å². The molecule has 0 saturated heterocycles. The highest BCUT2D eigenvalue weighted by Crippen LogP contribution is 2.08. The van der Waals surface area contributed by atoms with Crippen molar-refractivity contribution >= 4 is 5.96 Å². The Morgan fingerprint density at radius 3 is 2.62 bits per heavy atom. The smallest absolute Gasteiger partial charge is 0.191 e. The number of nitrogens with one attached hydrogen (secondary N) is 2. The van der Waals surface area contributed by atoms with E-state index in [4.69, 9.17) is 0 Å². The van der Waals surface area contributed by atoms with Crippen molar-refractivity contribution in [3.63, 3.8) is 0 Å². The van der Waals surface area contributed by atoms with Crippen LogP contribution in [0.4, 0.5) is 0 Å². The predicted molar refractivity (Wildman–Crippen MR) is 101 cm³/mol. The van der Waals surface area contributed by atoms with Gasteiger partial charge in [-0.1, -0.05) is 32.0 Å². The fourth-order valence-electron chi connectivity index (χ4n) is 2.21. The third kappa shape index (κ3) is 5.41. The number of benzene rings is 1. The zero-order valence-electron chi connectivity index (χ0n) is 15.2. The van der Waals surface area contributed by atoms with Crippen LogP contribution in [-0.4, -0.2) is 34.9 Å². The average Bonchev–Trinajstić information content (AvgIpc) is 3.04. The third-order valence-electron chi connectivity index (χ3n) is 4.04. The maximum absolute atomic E-state index is 4.67. The number of aromatic nitrogens is 2. The van der Waals surface area contributed by atoms with Gasteiger partial charge in [-0.05, 0) is 43.9 Å². The average molecular weight is 327 g/mol. The third-order valence-corrected chi connectivity index (χ3v) is 4.04. The van der Waals surface area contributed by atoms with Gasteiger partial charge >= 0.3 is 0 Å². The second-order valence-electron chi connectivity index (χ2n) is 6.32. The Morgan fingerprint density at radius 1 is 1.21 bits per heavy atom. The molecule has 0 aliphatic heterocycles. The summed E-state index contributed by atoms with van der Waals surface area (Å²) in [5.41, 5.74) is 2.27. The van der Waals surface area contributed by atoms with Gasteiger partial charge in [0.15, 0.2) is 5.96 Å². The number of hydrogen-bond acceptors (Lipinski definition) is 2. The van der Waals surface area contributed by atoms with Crippen LogP contribution in [0, 0.1) is 5.92 Å². The second kappa shape index (κ2) is 9.11. The summed E-state index contributed by atoms with van der Waals surface area (Å²) in [5.74, 6) is 1.45. The molecule has 5 nitrogen and oxygen atoms in total. The van der Waals surface area contributed by atoms with E-state index in [-0.39, 0.29) is 0 Å². The molecule has 0 fully saturated rings. The monoisotopic (exact) mass is 327 g/mol. The number of rotatable bonds is 7. The number of hydrogen-bond donors (Lipinski definition) is 2. The molecule has 1 atom stereocenters. The van der Waals surface area contributed by atoms with Crippen LogP contribution >= 0.6 is 0 Å². The first-order chi connectivity index (χ1) is 11.6. The summed E-state index contributed by atoms with van der Waals surface area (Å²) in [4.78, 5) is 4.67. The van der Waals surface area contributed by atoms with Gasteiger partial charge in [-0.15, -0.1) is 0 Å². The fourth-order valence-corrected chi connectivity index (χ4v) is 2.21. The SMILES string of the molecule is CCNC(=NCCc1cnn(-c2ccccc2)c1)NC(C)C(C)C.